The standard InChI is InChI=1S/C10H21NO/c1-5-8(12-4)9-7(6-11)10(9,2)3/h7-9H,5-6,11H2,1-4H3. The van der Waals surface area contributed by atoms with E-state index in [4.69, 9.17) is 10.5 Å². The average molecular weight is 171 g/mol. The number of nitrogens with two attached hydrogens (primary N) is 1. The average Bonchev–Trinajstić information content (AvgIpc) is 2.57. The fraction of sp³-hybridized carbons (Fsp3) is 1.00. The van der Waals surface area contributed by atoms with Gasteiger partial charge in [-0.3, -0.25) is 0 Å². The van der Waals surface area contributed by atoms with Crippen LogP contribution in [0.3, 0.4) is 0 Å². The van der Waals surface area contributed by atoms with Crippen LogP contribution in [-0.4, -0.2) is 19.8 Å². The van der Waals surface area contributed by atoms with Crippen molar-refractivity contribution in [2.24, 2.45) is 23.0 Å². The molecule has 0 spiro atoms. The first-order chi connectivity index (χ1) is 5.59. The van der Waals surface area contributed by atoms with Gasteiger partial charge in [0.25, 0.3) is 0 Å². The van der Waals surface area contributed by atoms with Gasteiger partial charge in [-0.2, -0.15) is 0 Å². The first-order valence-electron chi connectivity index (χ1n) is 4.82. The summed E-state index contributed by atoms with van der Waals surface area (Å²) in [6.45, 7) is 7.56. The lowest BCUT2D eigenvalue weighted by molar-refractivity contribution is 0.0689. The van der Waals surface area contributed by atoms with Crippen molar-refractivity contribution in [1.29, 1.82) is 0 Å². The Balaban J connectivity index is 2.55. The highest BCUT2D eigenvalue weighted by Crippen LogP contribution is 2.60. The third-order valence-corrected chi connectivity index (χ3v) is 3.50. The first-order valence-corrected chi connectivity index (χ1v) is 4.82. The largest absolute Gasteiger partial charge is 0.381 e. The summed E-state index contributed by atoms with van der Waals surface area (Å²) in [5.74, 6) is 1.35. The molecule has 0 aliphatic heterocycles. The predicted molar refractivity (Wildman–Crippen MR) is 50.9 cm³/mol. The number of ether oxygens (including phenoxy) is 1. The molecule has 3 atom stereocenters. The molecule has 0 heterocycles. The second-order valence-corrected chi connectivity index (χ2v) is 4.37. The lowest BCUT2D eigenvalue weighted by Crippen LogP contribution is -2.16. The molecule has 0 amide bonds. The van der Waals surface area contributed by atoms with Crippen LogP contribution in [0.15, 0.2) is 0 Å². The molecule has 0 aromatic heterocycles. The van der Waals surface area contributed by atoms with Crippen LogP contribution in [0.2, 0.25) is 0 Å². The zero-order chi connectivity index (χ0) is 9.35. The van der Waals surface area contributed by atoms with Crippen LogP contribution >= 0.6 is 0 Å². The molecule has 0 aromatic carbocycles. The molecular formula is C10H21NO. The highest BCUT2D eigenvalue weighted by atomic mass is 16.5. The summed E-state index contributed by atoms with van der Waals surface area (Å²) < 4.78 is 5.44. The maximum absolute atomic E-state index is 5.69. The number of methoxy groups -OCH3 is 1. The Kier molecular flexibility index (Phi) is 2.79. The summed E-state index contributed by atoms with van der Waals surface area (Å²) in [5, 5.41) is 0. The normalized spacial score (nSPS) is 34.8. The van der Waals surface area contributed by atoms with Crippen molar-refractivity contribution in [2.45, 2.75) is 33.3 Å². The third-order valence-electron chi connectivity index (χ3n) is 3.50. The fourth-order valence-electron chi connectivity index (χ4n) is 2.54. The minimum Gasteiger partial charge on any atom is -0.381 e. The molecule has 72 valence electrons. The zero-order valence-corrected chi connectivity index (χ0v) is 8.63. The number of rotatable bonds is 4. The van der Waals surface area contributed by atoms with Gasteiger partial charge >= 0.3 is 0 Å². The van der Waals surface area contributed by atoms with Crippen molar-refractivity contribution >= 4 is 0 Å². The van der Waals surface area contributed by atoms with Crippen LogP contribution in [0, 0.1) is 17.3 Å². The van der Waals surface area contributed by atoms with Gasteiger partial charge in [-0.1, -0.05) is 20.8 Å². The quantitative estimate of drug-likeness (QED) is 0.698. The van der Waals surface area contributed by atoms with E-state index < -0.39 is 0 Å². The van der Waals surface area contributed by atoms with E-state index in [-0.39, 0.29) is 0 Å². The second kappa shape index (κ2) is 3.35. The van der Waals surface area contributed by atoms with E-state index in [2.05, 4.69) is 20.8 Å². The van der Waals surface area contributed by atoms with Gasteiger partial charge in [0.05, 0.1) is 6.10 Å². The molecule has 1 fully saturated rings. The Morgan fingerprint density at radius 2 is 2.08 bits per heavy atom. The summed E-state index contributed by atoms with van der Waals surface area (Å²) in [6.07, 6.45) is 1.51. The molecule has 12 heavy (non-hydrogen) atoms. The summed E-state index contributed by atoms with van der Waals surface area (Å²) in [7, 11) is 1.80. The zero-order valence-electron chi connectivity index (χ0n) is 8.63. The Labute approximate surface area is 75.5 Å². The Bertz CT molecular complexity index is 152. The third kappa shape index (κ3) is 1.38. The molecule has 1 aliphatic carbocycles. The van der Waals surface area contributed by atoms with E-state index in [0.29, 0.717) is 23.4 Å². The molecule has 0 saturated heterocycles. The molecule has 3 unspecified atom stereocenters. The molecule has 2 nitrogen and oxygen atoms in total. The fourth-order valence-corrected chi connectivity index (χ4v) is 2.54. The van der Waals surface area contributed by atoms with Crippen LogP contribution in [0.25, 0.3) is 0 Å². The highest BCUT2D eigenvalue weighted by molar-refractivity contribution is 5.08. The summed E-state index contributed by atoms with van der Waals surface area (Å²) in [6, 6.07) is 0. The van der Waals surface area contributed by atoms with E-state index >= 15 is 0 Å². The molecule has 2 heteroatoms. The minimum absolute atomic E-state index is 0.408. The van der Waals surface area contributed by atoms with Gasteiger partial charge in [0, 0.05) is 7.11 Å². The lowest BCUT2D eigenvalue weighted by Gasteiger charge is -2.14. The van der Waals surface area contributed by atoms with Crippen molar-refractivity contribution in [3.05, 3.63) is 0 Å². The summed E-state index contributed by atoms with van der Waals surface area (Å²) >= 11 is 0. The molecule has 0 bridgehead atoms. The van der Waals surface area contributed by atoms with Crippen LogP contribution in [0.5, 0.6) is 0 Å². The van der Waals surface area contributed by atoms with Crippen molar-refractivity contribution in [3.63, 3.8) is 0 Å². The number of hydrogen-bond acceptors (Lipinski definition) is 2. The molecule has 0 aromatic rings. The van der Waals surface area contributed by atoms with E-state index in [1.807, 2.05) is 0 Å². The van der Waals surface area contributed by atoms with Gasteiger partial charge in [0.2, 0.25) is 0 Å². The van der Waals surface area contributed by atoms with Crippen LogP contribution in [0.4, 0.5) is 0 Å². The van der Waals surface area contributed by atoms with Gasteiger partial charge in [-0.05, 0) is 30.2 Å². The lowest BCUT2D eigenvalue weighted by atomic mass is 10.0. The Morgan fingerprint density at radius 3 is 2.33 bits per heavy atom. The van der Waals surface area contributed by atoms with E-state index in [0.717, 1.165) is 13.0 Å². The molecule has 0 radical (unpaired) electrons. The van der Waals surface area contributed by atoms with E-state index in [9.17, 15) is 0 Å². The Hall–Kier alpha value is -0.0800. The molecule has 1 aliphatic rings. The van der Waals surface area contributed by atoms with Crippen LogP contribution < -0.4 is 5.73 Å². The van der Waals surface area contributed by atoms with Gasteiger partial charge < -0.3 is 10.5 Å². The van der Waals surface area contributed by atoms with E-state index in [1.54, 1.807) is 7.11 Å². The highest BCUT2D eigenvalue weighted by Gasteiger charge is 2.59. The van der Waals surface area contributed by atoms with Crippen molar-refractivity contribution in [3.8, 4) is 0 Å². The molecule has 1 saturated carbocycles. The van der Waals surface area contributed by atoms with Gasteiger partial charge in [-0.15, -0.1) is 0 Å². The number of hydrogen-bond donors (Lipinski definition) is 1. The molecule has 2 N–H and O–H groups in total. The van der Waals surface area contributed by atoms with Gasteiger partial charge in [0.15, 0.2) is 0 Å². The summed E-state index contributed by atoms with van der Waals surface area (Å²) in [5.41, 5.74) is 6.10. The maximum Gasteiger partial charge on any atom is 0.0605 e. The van der Waals surface area contributed by atoms with Crippen molar-refractivity contribution in [1.82, 2.24) is 0 Å². The molecular weight excluding hydrogens is 150 g/mol. The maximum atomic E-state index is 5.69. The monoisotopic (exact) mass is 171 g/mol. The van der Waals surface area contributed by atoms with Crippen LogP contribution in [-0.2, 0) is 4.74 Å². The van der Waals surface area contributed by atoms with Crippen LogP contribution in [0.1, 0.15) is 27.2 Å². The van der Waals surface area contributed by atoms with E-state index in [1.165, 1.54) is 0 Å². The van der Waals surface area contributed by atoms with Crippen molar-refractivity contribution < 1.29 is 4.74 Å². The van der Waals surface area contributed by atoms with Gasteiger partial charge in [-0.25, -0.2) is 0 Å². The second-order valence-electron chi connectivity index (χ2n) is 4.37. The smallest absolute Gasteiger partial charge is 0.0605 e. The molecule has 1 rings (SSSR count). The SMILES string of the molecule is CCC(OC)C1C(CN)C1(C)C. The topological polar surface area (TPSA) is 35.2 Å². The van der Waals surface area contributed by atoms with Gasteiger partial charge in [0.1, 0.15) is 0 Å². The minimum atomic E-state index is 0.408. The van der Waals surface area contributed by atoms with Crippen molar-refractivity contribution in [2.75, 3.05) is 13.7 Å². The first kappa shape index (κ1) is 10.0. The Morgan fingerprint density at radius 1 is 1.50 bits per heavy atom. The predicted octanol–water partition coefficient (Wildman–Crippen LogP) is 1.64. The summed E-state index contributed by atoms with van der Waals surface area (Å²) in [4.78, 5) is 0.